The number of likely N-dealkylation sites (N-methyl/N-ethyl adjacent to an activating group) is 1. The maximum atomic E-state index is 11.5. The zero-order valence-electron chi connectivity index (χ0n) is 8.91. The molecule has 0 aromatic carbocycles. The SMILES string of the molecule is C=CC(C)C(C(=O)OCC)N(C)C. The number of rotatable bonds is 5. The summed E-state index contributed by atoms with van der Waals surface area (Å²) < 4.78 is 4.96. The third kappa shape index (κ3) is 3.59. The van der Waals surface area contributed by atoms with Crippen LogP contribution in [0.2, 0.25) is 0 Å². The van der Waals surface area contributed by atoms with Crippen LogP contribution in [0.3, 0.4) is 0 Å². The first-order valence-corrected chi connectivity index (χ1v) is 4.50. The third-order valence-corrected chi connectivity index (χ3v) is 1.95. The van der Waals surface area contributed by atoms with Crippen LogP contribution in [0.25, 0.3) is 0 Å². The smallest absolute Gasteiger partial charge is 0.323 e. The first-order chi connectivity index (χ1) is 6.04. The van der Waals surface area contributed by atoms with E-state index in [0.29, 0.717) is 6.61 Å². The molecule has 0 heterocycles. The van der Waals surface area contributed by atoms with Crippen molar-refractivity contribution in [3.8, 4) is 0 Å². The number of carbonyl (C=O) groups is 1. The van der Waals surface area contributed by atoms with Crippen LogP contribution in [-0.2, 0) is 9.53 Å². The molecule has 0 aliphatic rings. The van der Waals surface area contributed by atoms with Gasteiger partial charge in [0.15, 0.2) is 0 Å². The fourth-order valence-corrected chi connectivity index (χ4v) is 1.25. The van der Waals surface area contributed by atoms with Crippen LogP contribution in [-0.4, -0.2) is 37.6 Å². The van der Waals surface area contributed by atoms with Crippen LogP contribution in [0.5, 0.6) is 0 Å². The van der Waals surface area contributed by atoms with E-state index in [9.17, 15) is 4.79 Å². The van der Waals surface area contributed by atoms with Crippen molar-refractivity contribution in [1.29, 1.82) is 0 Å². The second-order valence-corrected chi connectivity index (χ2v) is 3.26. The molecule has 0 saturated heterocycles. The van der Waals surface area contributed by atoms with Gasteiger partial charge in [-0.1, -0.05) is 13.0 Å². The summed E-state index contributed by atoms with van der Waals surface area (Å²) in [5.41, 5.74) is 0. The Kier molecular flexibility index (Phi) is 5.39. The summed E-state index contributed by atoms with van der Waals surface area (Å²) in [5, 5.41) is 0. The Balaban J connectivity index is 4.40. The lowest BCUT2D eigenvalue weighted by Gasteiger charge is -2.25. The number of esters is 1. The van der Waals surface area contributed by atoms with Gasteiger partial charge in [0.2, 0.25) is 0 Å². The topological polar surface area (TPSA) is 29.5 Å². The van der Waals surface area contributed by atoms with Crippen LogP contribution in [0.1, 0.15) is 13.8 Å². The van der Waals surface area contributed by atoms with Gasteiger partial charge in [-0.2, -0.15) is 0 Å². The van der Waals surface area contributed by atoms with Crippen LogP contribution in [0.15, 0.2) is 12.7 Å². The largest absolute Gasteiger partial charge is 0.465 e. The van der Waals surface area contributed by atoms with Gasteiger partial charge in [0, 0.05) is 0 Å². The van der Waals surface area contributed by atoms with Gasteiger partial charge in [-0.3, -0.25) is 9.69 Å². The lowest BCUT2D eigenvalue weighted by atomic mass is 10.0. The number of ether oxygens (including phenoxy) is 1. The Bertz CT molecular complexity index is 178. The van der Waals surface area contributed by atoms with Crippen molar-refractivity contribution >= 4 is 5.97 Å². The molecule has 0 rings (SSSR count). The predicted molar refractivity (Wildman–Crippen MR) is 53.5 cm³/mol. The van der Waals surface area contributed by atoms with Crippen molar-refractivity contribution in [3.63, 3.8) is 0 Å². The summed E-state index contributed by atoms with van der Waals surface area (Å²) in [6, 6.07) is -0.225. The van der Waals surface area contributed by atoms with Crippen molar-refractivity contribution in [2.75, 3.05) is 20.7 Å². The van der Waals surface area contributed by atoms with E-state index >= 15 is 0 Å². The fourth-order valence-electron chi connectivity index (χ4n) is 1.25. The maximum absolute atomic E-state index is 11.5. The average Bonchev–Trinajstić information content (AvgIpc) is 2.04. The van der Waals surface area contributed by atoms with Crippen LogP contribution in [0, 0.1) is 5.92 Å². The summed E-state index contributed by atoms with van der Waals surface area (Å²) in [6.07, 6.45) is 1.77. The third-order valence-electron chi connectivity index (χ3n) is 1.95. The van der Waals surface area contributed by atoms with Gasteiger partial charge in [-0.05, 0) is 26.9 Å². The van der Waals surface area contributed by atoms with Gasteiger partial charge in [-0.15, -0.1) is 6.58 Å². The number of hydrogen-bond donors (Lipinski definition) is 0. The first-order valence-electron chi connectivity index (χ1n) is 4.50. The van der Waals surface area contributed by atoms with Crippen molar-refractivity contribution in [2.24, 2.45) is 5.92 Å². The molecule has 0 saturated carbocycles. The first kappa shape index (κ1) is 12.2. The second-order valence-electron chi connectivity index (χ2n) is 3.26. The normalized spacial score (nSPS) is 15.2. The van der Waals surface area contributed by atoms with Crippen molar-refractivity contribution in [1.82, 2.24) is 4.90 Å². The summed E-state index contributed by atoms with van der Waals surface area (Å²) in [5.74, 6) is -0.0750. The molecular weight excluding hydrogens is 166 g/mol. The zero-order valence-corrected chi connectivity index (χ0v) is 8.91. The maximum Gasteiger partial charge on any atom is 0.323 e. The van der Waals surface area contributed by atoms with E-state index in [1.807, 2.05) is 32.8 Å². The van der Waals surface area contributed by atoms with Crippen molar-refractivity contribution in [3.05, 3.63) is 12.7 Å². The molecule has 0 aliphatic heterocycles. The van der Waals surface area contributed by atoms with E-state index in [-0.39, 0.29) is 17.9 Å². The Morgan fingerprint density at radius 2 is 2.15 bits per heavy atom. The highest BCUT2D eigenvalue weighted by Crippen LogP contribution is 2.11. The second kappa shape index (κ2) is 5.75. The molecule has 3 nitrogen and oxygen atoms in total. The van der Waals surface area contributed by atoms with Crippen LogP contribution in [0.4, 0.5) is 0 Å². The summed E-state index contributed by atoms with van der Waals surface area (Å²) in [4.78, 5) is 13.3. The van der Waals surface area contributed by atoms with Gasteiger partial charge in [-0.25, -0.2) is 0 Å². The van der Waals surface area contributed by atoms with Gasteiger partial charge >= 0.3 is 5.97 Å². The standard InChI is InChI=1S/C10H19NO2/c1-6-8(3)9(11(4)5)10(12)13-7-2/h6,8-9H,1,7H2,2-5H3. The van der Waals surface area contributed by atoms with E-state index in [4.69, 9.17) is 4.74 Å². The van der Waals surface area contributed by atoms with Gasteiger partial charge < -0.3 is 4.74 Å². The highest BCUT2D eigenvalue weighted by Gasteiger charge is 2.26. The zero-order chi connectivity index (χ0) is 10.4. The summed E-state index contributed by atoms with van der Waals surface area (Å²) >= 11 is 0. The highest BCUT2D eigenvalue weighted by molar-refractivity contribution is 5.76. The van der Waals surface area contributed by atoms with E-state index in [1.165, 1.54) is 0 Å². The Morgan fingerprint density at radius 1 is 1.62 bits per heavy atom. The molecule has 0 aromatic heterocycles. The molecule has 0 aromatic rings. The minimum Gasteiger partial charge on any atom is -0.465 e. The molecule has 0 spiro atoms. The Hall–Kier alpha value is -0.830. The Morgan fingerprint density at radius 3 is 2.46 bits per heavy atom. The molecule has 0 radical (unpaired) electrons. The molecule has 0 amide bonds. The van der Waals surface area contributed by atoms with Gasteiger partial charge in [0.05, 0.1) is 6.61 Å². The van der Waals surface area contributed by atoms with Crippen molar-refractivity contribution in [2.45, 2.75) is 19.9 Å². The van der Waals surface area contributed by atoms with E-state index in [2.05, 4.69) is 6.58 Å². The van der Waals surface area contributed by atoms with Crippen molar-refractivity contribution < 1.29 is 9.53 Å². The molecule has 0 aliphatic carbocycles. The highest BCUT2D eigenvalue weighted by atomic mass is 16.5. The number of hydrogen-bond acceptors (Lipinski definition) is 3. The molecule has 0 N–H and O–H groups in total. The van der Waals surface area contributed by atoms with E-state index < -0.39 is 0 Å². The number of nitrogens with zero attached hydrogens (tertiary/aromatic N) is 1. The Labute approximate surface area is 80.4 Å². The molecular formula is C10H19NO2. The predicted octanol–water partition coefficient (Wildman–Crippen LogP) is 1.30. The van der Waals surface area contributed by atoms with E-state index in [1.54, 1.807) is 6.08 Å². The minimum absolute atomic E-state index is 0.106. The number of carbonyl (C=O) groups excluding carboxylic acids is 1. The molecule has 13 heavy (non-hydrogen) atoms. The molecule has 76 valence electrons. The molecule has 3 heteroatoms. The minimum atomic E-state index is -0.225. The van der Waals surface area contributed by atoms with Gasteiger partial charge in [0.25, 0.3) is 0 Å². The lowest BCUT2D eigenvalue weighted by Crippen LogP contribution is -2.41. The summed E-state index contributed by atoms with van der Waals surface area (Å²) in [6.45, 7) is 7.86. The average molecular weight is 185 g/mol. The molecule has 2 atom stereocenters. The van der Waals surface area contributed by atoms with Gasteiger partial charge in [0.1, 0.15) is 6.04 Å². The monoisotopic (exact) mass is 185 g/mol. The summed E-state index contributed by atoms with van der Waals surface area (Å²) in [7, 11) is 3.73. The van der Waals surface area contributed by atoms with E-state index in [0.717, 1.165) is 0 Å². The van der Waals surface area contributed by atoms with Crippen LogP contribution < -0.4 is 0 Å². The fraction of sp³-hybridized carbons (Fsp3) is 0.700. The quantitative estimate of drug-likeness (QED) is 0.477. The molecule has 0 fully saturated rings. The molecule has 2 unspecified atom stereocenters. The molecule has 0 bridgehead atoms. The van der Waals surface area contributed by atoms with Crippen LogP contribution >= 0.6 is 0 Å². The lowest BCUT2D eigenvalue weighted by molar-refractivity contribution is -0.149.